The molecular weight excluding hydrogens is 238 g/mol. The Kier molecular flexibility index (Phi) is 2.25. The van der Waals surface area contributed by atoms with Gasteiger partial charge in [0.2, 0.25) is 0 Å². The van der Waals surface area contributed by atoms with Crippen LogP contribution in [-0.4, -0.2) is 15.6 Å². The summed E-state index contributed by atoms with van der Waals surface area (Å²) in [7, 11) is 0. The molecule has 1 aliphatic heterocycles. The lowest BCUT2D eigenvalue weighted by atomic mass is 10.0. The van der Waals surface area contributed by atoms with Crippen molar-refractivity contribution in [3.63, 3.8) is 0 Å². The van der Waals surface area contributed by atoms with Gasteiger partial charge in [-0.05, 0) is 36.8 Å². The Balaban J connectivity index is 1.89. The van der Waals surface area contributed by atoms with E-state index in [0.29, 0.717) is 12.3 Å². The number of para-hydroxylation sites is 1. The number of aromatic nitrogens is 1. The minimum atomic E-state index is -0.702. The lowest BCUT2D eigenvalue weighted by Crippen LogP contribution is -2.10. The van der Waals surface area contributed by atoms with Gasteiger partial charge in [-0.3, -0.25) is 4.79 Å². The molecule has 19 heavy (non-hydrogen) atoms. The summed E-state index contributed by atoms with van der Waals surface area (Å²) in [5.41, 5.74) is 4.03. The van der Waals surface area contributed by atoms with Crippen LogP contribution in [0.5, 0.6) is 0 Å². The normalized spacial score (nSPS) is 24.0. The zero-order chi connectivity index (χ0) is 13.0. The van der Waals surface area contributed by atoms with E-state index in [1.54, 1.807) is 0 Å². The molecule has 0 radical (unpaired) electrons. The van der Waals surface area contributed by atoms with Crippen LogP contribution in [-0.2, 0) is 17.8 Å². The second-order valence-electron chi connectivity index (χ2n) is 5.82. The van der Waals surface area contributed by atoms with Crippen LogP contribution in [0.4, 0.5) is 0 Å². The molecule has 4 rings (SSSR count). The van der Waals surface area contributed by atoms with Gasteiger partial charge in [-0.25, -0.2) is 0 Å². The monoisotopic (exact) mass is 255 g/mol. The van der Waals surface area contributed by atoms with Gasteiger partial charge < -0.3 is 9.67 Å². The number of aryl methyl sites for hydroxylation is 2. The van der Waals surface area contributed by atoms with Crippen molar-refractivity contribution in [1.29, 1.82) is 0 Å². The van der Waals surface area contributed by atoms with Crippen molar-refractivity contribution in [2.45, 2.75) is 38.1 Å². The average Bonchev–Trinajstić information content (AvgIpc) is 3.13. The minimum absolute atomic E-state index is 0.235. The molecule has 3 nitrogen and oxygen atoms in total. The maximum atomic E-state index is 10.9. The van der Waals surface area contributed by atoms with E-state index in [4.69, 9.17) is 5.11 Å². The first-order chi connectivity index (χ1) is 9.25. The quantitative estimate of drug-likeness (QED) is 0.915. The Labute approximate surface area is 111 Å². The molecule has 0 spiro atoms. The zero-order valence-corrected chi connectivity index (χ0v) is 10.8. The number of hydrogen-bond donors (Lipinski definition) is 1. The minimum Gasteiger partial charge on any atom is -0.481 e. The Morgan fingerprint density at radius 3 is 3.05 bits per heavy atom. The van der Waals surface area contributed by atoms with E-state index < -0.39 is 5.97 Å². The van der Waals surface area contributed by atoms with Crippen LogP contribution in [0.2, 0.25) is 0 Å². The van der Waals surface area contributed by atoms with Crippen LogP contribution in [0.1, 0.15) is 36.4 Å². The predicted octanol–water partition coefficient (Wildman–Crippen LogP) is 3.17. The van der Waals surface area contributed by atoms with E-state index in [9.17, 15) is 4.79 Å². The molecule has 0 bridgehead atoms. The first-order valence-corrected chi connectivity index (χ1v) is 7.07. The maximum Gasteiger partial charge on any atom is 0.303 e. The van der Waals surface area contributed by atoms with Crippen LogP contribution in [0, 0.1) is 5.92 Å². The zero-order valence-electron chi connectivity index (χ0n) is 10.8. The number of fused-ring (bicyclic) bond motifs is 5. The molecule has 1 saturated carbocycles. The third-order valence-electron chi connectivity index (χ3n) is 4.71. The highest BCUT2D eigenvalue weighted by molar-refractivity contribution is 5.86. The molecule has 3 heteroatoms. The highest BCUT2D eigenvalue weighted by Crippen LogP contribution is 2.55. The summed E-state index contributed by atoms with van der Waals surface area (Å²) in [6.45, 7) is 1.10. The summed E-state index contributed by atoms with van der Waals surface area (Å²) in [5, 5.41) is 10.2. The topological polar surface area (TPSA) is 42.2 Å². The van der Waals surface area contributed by atoms with Crippen molar-refractivity contribution in [3.05, 3.63) is 35.5 Å². The van der Waals surface area contributed by atoms with Crippen molar-refractivity contribution in [2.24, 2.45) is 5.92 Å². The number of rotatable bonds is 3. The van der Waals surface area contributed by atoms with Crippen LogP contribution in [0.3, 0.4) is 0 Å². The van der Waals surface area contributed by atoms with Crippen LogP contribution >= 0.6 is 0 Å². The fourth-order valence-corrected chi connectivity index (χ4v) is 3.75. The van der Waals surface area contributed by atoms with Gasteiger partial charge in [0.15, 0.2) is 0 Å². The summed E-state index contributed by atoms with van der Waals surface area (Å²) in [6, 6.07) is 8.46. The third-order valence-corrected chi connectivity index (χ3v) is 4.71. The first kappa shape index (κ1) is 11.1. The molecule has 1 fully saturated rings. The molecule has 1 N–H and O–H groups in total. The lowest BCUT2D eigenvalue weighted by Gasteiger charge is -2.16. The maximum absolute atomic E-state index is 10.9. The number of benzene rings is 1. The second-order valence-corrected chi connectivity index (χ2v) is 5.82. The fourth-order valence-electron chi connectivity index (χ4n) is 3.75. The molecule has 2 heterocycles. The molecule has 0 saturated heterocycles. The van der Waals surface area contributed by atoms with Crippen molar-refractivity contribution < 1.29 is 9.90 Å². The van der Waals surface area contributed by atoms with Gasteiger partial charge in [0.25, 0.3) is 0 Å². The van der Waals surface area contributed by atoms with E-state index in [1.165, 1.54) is 35.0 Å². The number of carboxylic acids is 1. The van der Waals surface area contributed by atoms with E-state index in [1.807, 2.05) is 0 Å². The Bertz CT molecular complexity index is 671. The van der Waals surface area contributed by atoms with Gasteiger partial charge in [0, 0.05) is 35.5 Å². The van der Waals surface area contributed by atoms with Gasteiger partial charge in [-0.1, -0.05) is 18.2 Å². The molecule has 2 aromatic rings. The third kappa shape index (κ3) is 1.61. The smallest absolute Gasteiger partial charge is 0.303 e. The predicted molar refractivity (Wildman–Crippen MR) is 73.4 cm³/mol. The van der Waals surface area contributed by atoms with Gasteiger partial charge >= 0.3 is 5.97 Å². The van der Waals surface area contributed by atoms with Gasteiger partial charge in [0.1, 0.15) is 0 Å². The summed E-state index contributed by atoms with van der Waals surface area (Å²) in [4.78, 5) is 10.9. The fraction of sp³-hybridized carbons (Fsp3) is 0.438. The van der Waals surface area contributed by atoms with Crippen molar-refractivity contribution in [3.8, 4) is 0 Å². The highest BCUT2D eigenvalue weighted by Gasteiger charge is 2.44. The summed E-state index contributed by atoms with van der Waals surface area (Å²) in [5.74, 6) is 0.859. The van der Waals surface area contributed by atoms with Crippen LogP contribution < -0.4 is 0 Å². The molecular formula is C16H17NO2. The van der Waals surface area contributed by atoms with Crippen LogP contribution in [0.15, 0.2) is 24.3 Å². The molecule has 98 valence electrons. The molecule has 2 aliphatic rings. The molecule has 1 aromatic carbocycles. The highest BCUT2D eigenvalue weighted by atomic mass is 16.4. The molecule has 0 amide bonds. The van der Waals surface area contributed by atoms with E-state index in [2.05, 4.69) is 28.8 Å². The Morgan fingerprint density at radius 1 is 1.37 bits per heavy atom. The van der Waals surface area contributed by atoms with Gasteiger partial charge in [-0.2, -0.15) is 0 Å². The summed E-state index contributed by atoms with van der Waals surface area (Å²) < 4.78 is 2.45. The van der Waals surface area contributed by atoms with Crippen molar-refractivity contribution >= 4 is 16.9 Å². The standard InChI is InChI=1S/C16H17NO2/c18-15(19)6-5-12-11-3-1-2-4-14(11)17-8-7-10-9-13(10)16(12)17/h1-4,10,13H,5-9H2,(H,18,19). The van der Waals surface area contributed by atoms with E-state index in [-0.39, 0.29) is 6.42 Å². The molecule has 2 unspecified atom stereocenters. The first-order valence-electron chi connectivity index (χ1n) is 7.07. The average molecular weight is 255 g/mol. The molecule has 1 aliphatic carbocycles. The number of carbonyl (C=O) groups is 1. The second kappa shape index (κ2) is 3.86. The number of carboxylic acid groups (broad SMARTS) is 1. The molecule has 1 aromatic heterocycles. The summed E-state index contributed by atoms with van der Waals surface area (Å²) >= 11 is 0. The van der Waals surface area contributed by atoms with Crippen molar-refractivity contribution in [1.82, 2.24) is 4.57 Å². The van der Waals surface area contributed by atoms with Crippen molar-refractivity contribution in [2.75, 3.05) is 0 Å². The number of nitrogens with zero attached hydrogens (tertiary/aromatic N) is 1. The summed E-state index contributed by atoms with van der Waals surface area (Å²) in [6.07, 6.45) is 3.49. The lowest BCUT2D eigenvalue weighted by molar-refractivity contribution is -0.136. The number of hydrogen-bond acceptors (Lipinski definition) is 1. The number of aliphatic carboxylic acids is 1. The van der Waals surface area contributed by atoms with Crippen LogP contribution in [0.25, 0.3) is 10.9 Å². The van der Waals surface area contributed by atoms with Gasteiger partial charge in [-0.15, -0.1) is 0 Å². The SMILES string of the molecule is O=C(O)CCc1c2n(c3ccccc13)CCC1CC21. The Morgan fingerprint density at radius 2 is 2.21 bits per heavy atom. The Hall–Kier alpha value is -1.77. The van der Waals surface area contributed by atoms with E-state index >= 15 is 0 Å². The molecule has 2 atom stereocenters. The largest absolute Gasteiger partial charge is 0.481 e. The van der Waals surface area contributed by atoms with Gasteiger partial charge in [0.05, 0.1) is 0 Å². The van der Waals surface area contributed by atoms with E-state index in [0.717, 1.165) is 12.5 Å².